The molecule has 0 saturated heterocycles. The summed E-state index contributed by atoms with van der Waals surface area (Å²) in [6.07, 6.45) is 0.162. The van der Waals surface area contributed by atoms with Crippen LogP contribution in [0.3, 0.4) is 0 Å². The first-order valence-corrected chi connectivity index (χ1v) is 15.8. The normalized spacial score (nSPS) is 13.0. The Hall–Kier alpha value is -4.62. The van der Waals surface area contributed by atoms with Crippen LogP contribution < -0.4 is 25.3 Å². The highest BCUT2D eigenvalue weighted by Gasteiger charge is 2.25. The quantitative estimate of drug-likeness (QED) is 0.128. The van der Waals surface area contributed by atoms with E-state index in [-0.39, 0.29) is 22.9 Å². The van der Waals surface area contributed by atoms with Crippen LogP contribution in [0.5, 0.6) is 17.2 Å². The summed E-state index contributed by atoms with van der Waals surface area (Å²) in [5.74, 6) is 1.25. The molecule has 1 amide bonds. The molecule has 0 radical (unpaired) electrons. The van der Waals surface area contributed by atoms with Gasteiger partial charge in [-0.2, -0.15) is 0 Å². The lowest BCUT2D eigenvalue weighted by atomic mass is 9.78. The first-order valence-electron chi connectivity index (χ1n) is 15.8. The van der Waals surface area contributed by atoms with Crippen LogP contribution in [-0.4, -0.2) is 24.3 Å². The summed E-state index contributed by atoms with van der Waals surface area (Å²) in [5, 5.41) is 2.88. The average molecular weight is 623 g/mol. The minimum Gasteiger partial charge on any atom is -0.410 e. The molecule has 3 N–H and O–H groups in total. The molecule has 0 bridgehead atoms. The molecule has 4 aromatic carbocycles. The van der Waals surface area contributed by atoms with E-state index in [2.05, 4.69) is 64.2 Å². The third-order valence-electron chi connectivity index (χ3n) is 8.59. The number of rotatable bonds is 11. The van der Waals surface area contributed by atoms with E-state index >= 15 is 0 Å². The van der Waals surface area contributed by atoms with Crippen LogP contribution in [0.2, 0.25) is 0 Å². The molecule has 0 spiro atoms. The van der Waals surface area contributed by atoms with Crippen LogP contribution in [0.15, 0.2) is 97.1 Å². The number of ether oxygens (including phenoxy) is 3. The highest BCUT2D eigenvalue weighted by molar-refractivity contribution is 5.70. The molecular formula is C39H46N2O5. The van der Waals surface area contributed by atoms with Gasteiger partial charge in [-0.25, -0.2) is 9.59 Å². The fourth-order valence-corrected chi connectivity index (χ4v) is 5.42. The van der Waals surface area contributed by atoms with Crippen molar-refractivity contribution >= 4 is 12.2 Å². The average Bonchev–Trinajstić information content (AvgIpc) is 3.01. The fourth-order valence-electron chi connectivity index (χ4n) is 5.42. The fraction of sp³-hybridized carbons (Fsp3) is 0.333. The summed E-state index contributed by atoms with van der Waals surface area (Å²) in [6.45, 7) is 14.5. The lowest BCUT2D eigenvalue weighted by Gasteiger charge is -2.26. The standard InChI is InChI=1S/C39H46N2O5/c1-8-32(25-27(3)40)41-36(42)44-33-19-13-29(14-20-33)39(6,7)31-17-23-35(24-18-31)46-37(43)45-34-21-15-30(16-22-34)38(4,5)28-11-9-26(2)10-12-28/h9-24,27,32H,8,25,40H2,1-7H3,(H,41,42). The Balaban J connectivity index is 1.33. The molecule has 242 valence electrons. The summed E-state index contributed by atoms with van der Waals surface area (Å²) < 4.78 is 16.4. The van der Waals surface area contributed by atoms with Crippen molar-refractivity contribution in [3.8, 4) is 17.2 Å². The summed E-state index contributed by atoms with van der Waals surface area (Å²) in [7, 11) is 0. The van der Waals surface area contributed by atoms with E-state index < -0.39 is 12.2 Å². The number of amides is 1. The number of benzene rings is 4. The van der Waals surface area contributed by atoms with Crippen molar-refractivity contribution in [2.75, 3.05) is 0 Å². The molecule has 0 aliphatic carbocycles. The molecule has 0 aliphatic rings. The number of nitrogens with two attached hydrogens (primary N) is 1. The van der Waals surface area contributed by atoms with E-state index in [1.165, 1.54) is 11.1 Å². The zero-order chi connectivity index (χ0) is 33.5. The summed E-state index contributed by atoms with van der Waals surface area (Å²) in [5.41, 5.74) is 10.9. The maximum atomic E-state index is 12.6. The second-order valence-electron chi connectivity index (χ2n) is 13.0. The lowest BCUT2D eigenvalue weighted by Crippen LogP contribution is -2.39. The molecule has 0 aliphatic heterocycles. The van der Waals surface area contributed by atoms with Gasteiger partial charge in [-0.3, -0.25) is 0 Å². The molecule has 2 unspecified atom stereocenters. The Morgan fingerprint density at radius 2 is 1.00 bits per heavy atom. The van der Waals surface area contributed by atoms with Crippen molar-refractivity contribution in [3.05, 3.63) is 125 Å². The Labute approximate surface area is 273 Å². The topological polar surface area (TPSA) is 99.9 Å². The van der Waals surface area contributed by atoms with Crippen molar-refractivity contribution in [1.29, 1.82) is 0 Å². The Bertz CT molecular complexity index is 1590. The number of carbonyl (C=O) groups is 2. The van der Waals surface area contributed by atoms with Gasteiger partial charge < -0.3 is 25.3 Å². The minimum atomic E-state index is -0.806. The van der Waals surface area contributed by atoms with Crippen molar-refractivity contribution in [2.24, 2.45) is 5.73 Å². The molecule has 0 heterocycles. The lowest BCUT2D eigenvalue weighted by molar-refractivity contribution is 0.152. The molecule has 0 aromatic heterocycles. The molecule has 0 saturated carbocycles. The van der Waals surface area contributed by atoms with E-state index in [0.29, 0.717) is 23.7 Å². The molecular weight excluding hydrogens is 576 g/mol. The molecule has 4 aromatic rings. The van der Waals surface area contributed by atoms with E-state index in [4.69, 9.17) is 19.9 Å². The highest BCUT2D eigenvalue weighted by atomic mass is 16.7. The van der Waals surface area contributed by atoms with Crippen LogP contribution in [0.1, 0.15) is 82.2 Å². The van der Waals surface area contributed by atoms with Gasteiger partial charge in [0.1, 0.15) is 17.2 Å². The molecule has 4 rings (SSSR count). The maximum Gasteiger partial charge on any atom is 0.519 e. The van der Waals surface area contributed by atoms with Crippen LogP contribution in [0.25, 0.3) is 0 Å². The van der Waals surface area contributed by atoms with Crippen LogP contribution in [0.4, 0.5) is 9.59 Å². The Kier molecular flexibility index (Phi) is 10.9. The Morgan fingerprint density at radius 3 is 1.35 bits per heavy atom. The van der Waals surface area contributed by atoms with Gasteiger partial charge >= 0.3 is 12.2 Å². The van der Waals surface area contributed by atoms with Gasteiger partial charge in [-0.05, 0) is 85.3 Å². The first-order chi connectivity index (χ1) is 21.8. The SMILES string of the molecule is CCC(CC(C)N)NC(=O)Oc1ccc(C(C)(C)c2ccc(OC(=O)Oc3ccc(C(C)(C)c4ccc(C)cc4)cc3)cc2)cc1. The van der Waals surface area contributed by atoms with Gasteiger partial charge in [0.15, 0.2) is 0 Å². The number of carbonyl (C=O) groups excluding carboxylic acids is 2. The molecule has 46 heavy (non-hydrogen) atoms. The number of hydrogen-bond donors (Lipinski definition) is 2. The molecule has 2 atom stereocenters. The van der Waals surface area contributed by atoms with Crippen LogP contribution in [0, 0.1) is 6.92 Å². The first kappa shape index (κ1) is 34.3. The smallest absolute Gasteiger partial charge is 0.410 e. The van der Waals surface area contributed by atoms with E-state index in [9.17, 15) is 9.59 Å². The predicted octanol–water partition coefficient (Wildman–Crippen LogP) is 8.83. The number of nitrogens with one attached hydrogen (secondary N) is 1. The van der Waals surface area contributed by atoms with E-state index in [1.54, 1.807) is 36.4 Å². The molecule has 0 fully saturated rings. The van der Waals surface area contributed by atoms with Crippen LogP contribution in [-0.2, 0) is 10.8 Å². The predicted molar refractivity (Wildman–Crippen MR) is 183 cm³/mol. The van der Waals surface area contributed by atoms with E-state index in [1.807, 2.05) is 50.2 Å². The zero-order valence-electron chi connectivity index (χ0n) is 27.9. The van der Waals surface area contributed by atoms with Gasteiger partial charge in [0.25, 0.3) is 0 Å². The van der Waals surface area contributed by atoms with Gasteiger partial charge in [-0.1, -0.05) is 101 Å². The van der Waals surface area contributed by atoms with E-state index in [0.717, 1.165) is 23.1 Å². The second-order valence-corrected chi connectivity index (χ2v) is 13.0. The van der Waals surface area contributed by atoms with Gasteiger partial charge in [-0.15, -0.1) is 0 Å². The number of aryl methyl sites for hydroxylation is 1. The third kappa shape index (κ3) is 8.76. The highest BCUT2D eigenvalue weighted by Crippen LogP contribution is 2.34. The zero-order valence-corrected chi connectivity index (χ0v) is 27.9. The monoisotopic (exact) mass is 622 g/mol. The minimum absolute atomic E-state index is 0.00699. The molecule has 7 nitrogen and oxygen atoms in total. The largest absolute Gasteiger partial charge is 0.519 e. The van der Waals surface area contributed by atoms with Gasteiger partial charge in [0, 0.05) is 22.9 Å². The van der Waals surface area contributed by atoms with Crippen molar-refractivity contribution in [2.45, 2.75) is 84.2 Å². The van der Waals surface area contributed by atoms with Crippen LogP contribution >= 0.6 is 0 Å². The third-order valence-corrected chi connectivity index (χ3v) is 8.59. The summed E-state index contributed by atoms with van der Waals surface area (Å²) in [6, 6.07) is 30.8. The number of hydrogen-bond acceptors (Lipinski definition) is 6. The van der Waals surface area contributed by atoms with Crippen molar-refractivity contribution in [3.63, 3.8) is 0 Å². The Morgan fingerprint density at radius 1 is 0.652 bits per heavy atom. The van der Waals surface area contributed by atoms with Gasteiger partial charge in [0.05, 0.1) is 0 Å². The second kappa shape index (κ2) is 14.6. The summed E-state index contributed by atoms with van der Waals surface area (Å²) in [4.78, 5) is 24.9. The van der Waals surface area contributed by atoms with Crippen molar-refractivity contribution in [1.82, 2.24) is 5.32 Å². The summed E-state index contributed by atoms with van der Waals surface area (Å²) >= 11 is 0. The van der Waals surface area contributed by atoms with Crippen molar-refractivity contribution < 1.29 is 23.8 Å². The van der Waals surface area contributed by atoms with Gasteiger partial charge in [0.2, 0.25) is 0 Å². The molecule has 7 heteroatoms. The maximum absolute atomic E-state index is 12.6.